The molecule has 0 spiro atoms. The molecule has 0 unspecified atom stereocenters. The Labute approximate surface area is 49.4 Å². The van der Waals surface area contributed by atoms with E-state index in [1.165, 1.54) is 0 Å². The van der Waals surface area contributed by atoms with Gasteiger partial charge in [-0.15, -0.1) is 0 Å². The van der Waals surface area contributed by atoms with Gasteiger partial charge in [0.1, 0.15) is 5.84 Å². The maximum atomic E-state index is 8.81. The molecule has 3 heteroatoms. The van der Waals surface area contributed by atoms with Crippen molar-refractivity contribution in [3.8, 4) is 0 Å². The van der Waals surface area contributed by atoms with Crippen LogP contribution in [0.1, 0.15) is 20.8 Å². The van der Waals surface area contributed by atoms with Gasteiger partial charge in [0, 0.05) is 0 Å². The van der Waals surface area contributed by atoms with E-state index in [-0.39, 0.29) is 11.9 Å². The highest BCUT2D eigenvalue weighted by Crippen LogP contribution is 1.91. The second-order valence-corrected chi connectivity index (χ2v) is 2.02. The van der Waals surface area contributed by atoms with Crippen molar-refractivity contribution in [3.05, 3.63) is 0 Å². The summed E-state index contributed by atoms with van der Waals surface area (Å²) in [6.07, 6.45) is 0. The van der Waals surface area contributed by atoms with E-state index in [0.29, 0.717) is 0 Å². The Morgan fingerprint density at radius 1 is 1.62 bits per heavy atom. The molecule has 0 rings (SSSR count). The van der Waals surface area contributed by atoms with Crippen molar-refractivity contribution in [1.29, 1.82) is 5.41 Å². The van der Waals surface area contributed by atoms with Crippen LogP contribution in [0.4, 0.5) is 0 Å². The highest BCUT2D eigenvalue weighted by molar-refractivity contribution is 5.75. The molecule has 0 aromatic heterocycles. The predicted octanol–water partition coefficient (Wildman–Crippen LogP) is 1.08. The van der Waals surface area contributed by atoms with Gasteiger partial charge in [-0.05, 0) is 20.8 Å². The monoisotopic (exact) mass is 116 g/mol. The summed E-state index contributed by atoms with van der Waals surface area (Å²) < 4.78 is 0. The molecule has 0 aromatic carbocycles. The third-order valence-corrected chi connectivity index (χ3v) is 0.833. The molecule has 0 aliphatic carbocycles. The van der Waals surface area contributed by atoms with Gasteiger partial charge in [-0.2, -0.15) is 0 Å². The van der Waals surface area contributed by atoms with Crippen LogP contribution in [0.2, 0.25) is 0 Å². The van der Waals surface area contributed by atoms with Crippen molar-refractivity contribution >= 4 is 5.84 Å². The van der Waals surface area contributed by atoms with Gasteiger partial charge in [0.25, 0.3) is 0 Å². The molecule has 0 saturated heterocycles. The van der Waals surface area contributed by atoms with Crippen LogP contribution in [0.5, 0.6) is 0 Å². The molecule has 8 heavy (non-hydrogen) atoms. The van der Waals surface area contributed by atoms with Gasteiger partial charge in [0.15, 0.2) is 0 Å². The first-order chi connectivity index (χ1) is 3.55. The van der Waals surface area contributed by atoms with Crippen molar-refractivity contribution in [3.63, 3.8) is 0 Å². The summed E-state index contributed by atoms with van der Waals surface area (Å²) in [5.74, 6) is 0.181. The minimum atomic E-state index is 0.00694. The second kappa shape index (κ2) is 2.67. The fourth-order valence-corrected chi connectivity index (χ4v) is 0.387. The quantitative estimate of drug-likeness (QED) is 0.306. The molecule has 0 heterocycles. The van der Waals surface area contributed by atoms with E-state index >= 15 is 0 Å². The van der Waals surface area contributed by atoms with Crippen molar-refractivity contribution < 1.29 is 5.21 Å². The second-order valence-electron chi connectivity index (χ2n) is 2.02. The first-order valence-corrected chi connectivity index (χ1v) is 2.59. The summed E-state index contributed by atoms with van der Waals surface area (Å²) in [6.45, 7) is 5.18. The Morgan fingerprint density at radius 2 is 2.00 bits per heavy atom. The van der Waals surface area contributed by atoms with Gasteiger partial charge in [-0.1, -0.05) is 0 Å². The molecule has 0 saturated carbocycles. The normalized spacial score (nSPS) is 9.62. The highest BCUT2D eigenvalue weighted by Gasteiger charge is 2.03. The van der Waals surface area contributed by atoms with Crippen molar-refractivity contribution in [1.82, 2.24) is 5.06 Å². The molecule has 0 atom stereocenters. The van der Waals surface area contributed by atoms with Gasteiger partial charge in [-0.3, -0.25) is 10.6 Å². The number of amidine groups is 1. The SMILES string of the molecule is CC(=N)N(O)C(C)C. The summed E-state index contributed by atoms with van der Waals surface area (Å²) in [5, 5.41) is 16.6. The summed E-state index contributed by atoms with van der Waals surface area (Å²) in [5.41, 5.74) is 0. The molecule has 0 radical (unpaired) electrons. The summed E-state index contributed by atoms with van der Waals surface area (Å²) in [4.78, 5) is 0. The molecule has 0 bridgehead atoms. The number of hydrogen-bond acceptors (Lipinski definition) is 2. The summed E-state index contributed by atoms with van der Waals surface area (Å²) in [7, 11) is 0. The lowest BCUT2D eigenvalue weighted by atomic mass is 10.4. The molecule has 0 amide bonds. The Kier molecular flexibility index (Phi) is 2.48. The van der Waals surface area contributed by atoms with Crippen LogP contribution in [0.3, 0.4) is 0 Å². The lowest BCUT2D eigenvalue weighted by Crippen LogP contribution is -2.30. The van der Waals surface area contributed by atoms with Crippen LogP contribution in [-0.4, -0.2) is 22.1 Å². The van der Waals surface area contributed by atoms with Crippen molar-refractivity contribution in [2.45, 2.75) is 26.8 Å². The predicted molar refractivity (Wildman–Crippen MR) is 32.2 cm³/mol. The highest BCUT2D eigenvalue weighted by atomic mass is 16.5. The average Bonchev–Trinajstić information content (AvgIpc) is 1.64. The van der Waals surface area contributed by atoms with E-state index in [2.05, 4.69) is 0 Å². The fraction of sp³-hybridized carbons (Fsp3) is 0.800. The molecule has 0 aliphatic rings. The van der Waals surface area contributed by atoms with Crippen LogP contribution in [0.25, 0.3) is 0 Å². The maximum absolute atomic E-state index is 8.81. The molecule has 0 aromatic rings. The minimum absolute atomic E-state index is 0.00694. The van der Waals surface area contributed by atoms with Crippen LogP contribution < -0.4 is 0 Å². The minimum Gasteiger partial charge on any atom is -0.287 e. The van der Waals surface area contributed by atoms with Crippen LogP contribution >= 0.6 is 0 Å². The van der Waals surface area contributed by atoms with Gasteiger partial charge in [0.2, 0.25) is 0 Å². The van der Waals surface area contributed by atoms with Crippen molar-refractivity contribution in [2.24, 2.45) is 0 Å². The van der Waals surface area contributed by atoms with Gasteiger partial charge in [-0.25, -0.2) is 5.06 Å². The number of hydroxylamine groups is 2. The lowest BCUT2D eigenvalue weighted by Gasteiger charge is -2.18. The number of nitrogens with zero attached hydrogens (tertiary/aromatic N) is 1. The van der Waals surface area contributed by atoms with Crippen LogP contribution in [0, 0.1) is 5.41 Å². The Bertz CT molecular complexity index is 90.4. The number of hydrogen-bond donors (Lipinski definition) is 2. The fourth-order valence-electron chi connectivity index (χ4n) is 0.387. The molecule has 3 nitrogen and oxygen atoms in total. The zero-order chi connectivity index (χ0) is 6.73. The first-order valence-electron chi connectivity index (χ1n) is 2.59. The van der Waals surface area contributed by atoms with E-state index in [1.807, 2.05) is 13.8 Å². The standard InChI is InChI=1S/C5H12N2O/c1-4(2)7(8)5(3)6/h4,6,8H,1-3H3. The van der Waals surface area contributed by atoms with E-state index in [4.69, 9.17) is 10.6 Å². The molecule has 0 aliphatic heterocycles. The zero-order valence-corrected chi connectivity index (χ0v) is 5.47. The van der Waals surface area contributed by atoms with E-state index in [1.54, 1.807) is 6.92 Å². The average molecular weight is 116 g/mol. The van der Waals surface area contributed by atoms with E-state index in [0.717, 1.165) is 5.06 Å². The Balaban J connectivity index is 3.64. The largest absolute Gasteiger partial charge is 0.287 e. The smallest absolute Gasteiger partial charge is 0.117 e. The molecule has 0 fully saturated rings. The zero-order valence-electron chi connectivity index (χ0n) is 5.47. The van der Waals surface area contributed by atoms with Crippen LogP contribution in [-0.2, 0) is 0 Å². The molecule has 2 N–H and O–H groups in total. The maximum Gasteiger partial charge on any atom is 0.117 e. The third-order valence-electron chi connectivity index (χ3n) is 0.833. The molecular weight excluding hydrogens is 104 g/mol. The molecule has 48 valence electrons. The third kappa shape index (κ3) is 1.93. The number of rotatable bonds is 1. The van der Waals surface area contributed by atoms with Gasteiger partial charge < -0.3 is 0 Å². The first kappa shape index (κ1) is 7.43. The Morgan fingerprint density at radius 3 is 2.00 bits per heavy atom. The summed E-state index contributed by atoms with van der Waals surface area (Å²) >= 11 is 0. The van der Waals surface area contributed by atoms with Gasteiger partial charge >= 0.3 is 0 Å². The van der Waals surface area contributed by atoms with Gasteiger partial charge in [0.05, 0.1) is 6.04 Å². The topological polar surface area (TPSA) is 47.3 Å². The Hall–Kier alpha value is -0.570. The van der Waals surface area contributed by atoms with Crippen LogP contribution in [0.15, 0.2) is 0 Å². The lowest BCUT2D eigenvalue weighted by molar-refractivity contribution is -0.0435. The molecular formula is C5H12N2O. The number of nitrogens with one attached hydrogen (secondary N) is 1. The van der Waals surface area contributed by atoms with E-state index < -0.39 is 0 Å². The van der Waals surface area contributed by atoms with Crippen molar-refractivity contribution in [2.75, 3.05) is 0 Å². The van der Waals surface area contributed by atoms with E-state index in [9.17, 15) is 0 Å². The summed E-state index contributed by atoms with van der Waals surface area (Å²) in [6, 6.07) is 0.00694.